The second-order valence-electron chi connectivity index (χ2n) is 5.91. The van der Waals surface area contributed by atoms with Gasteiger partial charge in [-0.3, -0.25) is 0 Å². The van der Waals surface area contributed by atoms with E-state index in [2.05, 4.69) is 10.1 Å². The van der Waals surface area contributed by atoms with Crippen molar-refractivity contribution in [2.75, 3.05) is 5.73 Å². The molecule has 2 aliphatic rings. The third-order valence-corrected chi connectivity index (χ3v) is 4.20. The van der Waals surface area contributed by atoms with E-state index in [9.17, 15) is 0 Å². The number of ether oxygens (including phenoxy) is 1. The number of rotatable bonds is 4. The lowest BCUT2D eigenvalue weighted by Crippen LogP contribution is -2.45. The minimum atomic E-state index is 0.184. The smallest absolute Gasteiger partial charge is 0.178 e. The highest BCUT2D eigenvalue weighted by Crippen LogP contribution is 2.38. The van der Waals surface area contributed by atoms with Crippen molar-refractivity contribution in [3.63, 3.8) is 0 Å². The number of hydrogen-bond donors (Lipinski definition) is 2. The average Bonchev–Trinajstić information content (AvgIpc) is 3.17. The summed E-state index contributed by atoms with van der Waals surface area (Å²) in [7, 11) is 0. The zero-order valence-electron chi connectivity index (χ0n) is 11.3. The molecule has 106 valence electrons. The highest BCUT2D eigenvalue weighted by atomic mass is 16.5. The van der Waals surface area contributed by atoms with Gasteiger partial charge in [0, 0.05) is 18.2 Å². The van der Waals surface area contributed by atoms with E-state index in [1.807, 2.05) is 12.3 Å². The molecule has 2 aromatic rings. The first-order chi connectivity index (χ1) is 9.70. The predicted molar refractivity (Wildman–Crippen MR) is 75.2 cm³/mol. The topological polar surface area (TPSA) is 91.5 Å². The van der Waals surface area contributed by atoms with Crippen molar-refractivity contribution in [1.29, 1.82) is 0 Å². The highest BCUT2D eigenvalue weighted by Gasteiger charge is 2.29. The second kappa shape index (κ2) is 4.43. The number of nitrogen functional groups attached to an aromatic ring is 1. The summed E-state index contributed by atoms with van der Waals surface area (Å²) in [6.45, 7) is 0.525. The van der Waals surface area contributed by atoms with Crippen LogP contribution in [0, 0.1) is 0 Å². The Bertz CT molecular complexity index is 648. The summed E-state index contributed by atoms with van der Waals surface area (Å²) in [5.74, 6) is 1.44. The lowest BCUT2D eigenvalue weighted by Gasteiger charge is -2.33. The Labute approximate surface area is 117 Å². The molecule has 20 heavy (non-hydrogen) atoms. The summed E-state index contributed by atoms with van der Waals surface area (Å²) in [6, 6.07) is 2.11. The van der Waals surface area contributed by atoms with Gasteiger partial charge in [-0.2, -0.15) is 5.10 Å². The fourth-order valence-electron chi connectivity index (χ4n) is 2.58. The lowest BCUT2D eigenvalue weighted by molar-refractivity contribution is -0.0246. The van der Waals surface area contributed by atoms with Crippen LogP contribution in [0.25, 0.3) is 5.65 Å². The summed E-state index contributed by atoms with van der Waals surface area (Å²) in [5, 5.41) is 4.52. The molecule has 0 aromatic carbocycles. The van der Waals surface area contributed by atoms with Crippen LogP contribution in [0.4, 0.5) is 5.69 Å². The highest BCUT2D eigenvalue weighted by molar-refractivity contribution is 5.65. The molecule has 0 unspecified atom stereocenters. The van der Waals surface area contributed by atoms with E-state index in [1.165, 1.54) is 12.8 Å². The van der Waals surface area contributed by atoms with Crippen molar-refractivity contribution in [2.45, 2.75) is 50.4 Å². The maximum absolute atomic E-state index is 6.07. The van der Waals surface area contributed by atoms with E-state index >= 15 is 0 Å². The molecule has 2 aliphatic carbocycles. The Morgan fingerprint density at radius 3 is 2.80 bits per heavy atom. The largest absolute Gasteiger partial charge is 0.396 e. The average molecular weight is 273 g/mol. The summed E-state index contributed by atoms with van der Waals surface area (Å²) < 4.78 is 7.58. The van der Waals surface area contributed by atoms with E-state index in [0.717, 1.165) is 29.9 Å². The summed E-state index contributed by atoms with van der Waals surface area (Å²) in [6.07, 6.45) is 6.62. The van der Waals surface area contributed by atoms with Gasteiger partial charge in [0.25, 0.3) is 0 Å². The third kappa shape index (κ3) is 2.05. The van der Waals surface area contributed by atoms with Crippen LogP contribution in [-0.2, 0) is 11.3 Å². The molecule has 2 aromatic heterocycles. The van der Waals surface area contributed by atoms with Crippen LogP contribution in [0.5, 0.6) is 0 Å². The molecule has 0 bridgehead atoms. The van der Waals surface area contributed by atoms with E-state index in [1.54, 1.807) is 4.52 Å². The number of fused-ring (bicyclic) bond motifs is 1. The van der Waals surface area contributed by atoms with Crippen molar-refractivity contribution in [2.24, 2.45) is 5.73 Å². The van der Waals surface area contributed by atoms with Crippen LogP contribution < -0.4 is 11.5 Å². The zero-order chi connectivity index (χ0) is 13.7. The molecule has 2 heterocycles. The van der Waals surface area contributed by atoms with Crippen molar-refractivity contribution >= 4 is 11.3 Å². The molecule has 0 aliphatic heterocycles. The van der Waals surface area contributed by atoms with Crippen LogP contribution in [-0.4, -0.2) is 26.7 Å². The van der Waals surface area contributed by atoms with Gasteiger partial charge in [-0.15, -0.1) is 0 Å². The van der Waals surface area contributed by atoms with E-state index in [0.29, 0.717) is 18.2 Å². The third-order valence-electron chi connectivity index (χ3n) is 4.20. The van der Waals surface area contributed by atoms with Gasteiger partial charge in [0.2, 0.25) is 0 Å². The molecule has 0 radical (unpaired) electrons. The molecule has 0 amide bonds. The Balaban J connectivity index is 1.56. The number of anilines is 1. The van der Waals surface area contributed by atoms with E-state index in [4.69, 9.17) is 16.2 Å². The quantitative estimate of drug-likeness (QED) is 0.873. The maximum atomic E-state index is 6.07. The van der Waals surface area contributed by atoms with Gasteiger partial charge in [-0.05, 0) is 37.3 Å². The molecule has 4 rings (SSSR count). The summed E-state index contributed by atoms with van der Waals surface area (Å²) >= 11 is 0. The Kier molecular flexibility index (Phi) is 2.68. The number of hydrogen-bond acceptors (Lipinski definition) is 5. The molecule has 2 atom stereocenters. The maximum Gasteiger partial charge on any atom is 0.178 e. The zero-order valence-corrected chi connectivity index (χ0v) is 11.3. The van der Waals surface area contributed by atoms with E-state index < -0.39 is 0 Å². The van der Waals surface area contributed by atoms with E-state index in [-0.39, 0.29) is 12.1 Å². The molecule has 2 saturated carbocycles. The normalized spacial score (nSPS) is 25.9. The minimum absolute atomic E-state index is 0.184. The molecule has 0 spiro atoms. The fourth-order valence-corrected chi connectivity index (χ4v) is 2.58. The Morgan fingerprint density at radius 1 is 1.30 bits per heavy atom. The molecule has 2 fully saturated rings. The Morgan fingerprint density at radius 2 is 2.15 bits per heavy atom. The second-order valence-corrected chi connectivity index (χ2v) is 5.91. The van der Waals surface area contributed by atoms with Crippen molar-refractivity contribution in [3.8, 4) is 0 Å². The van der Waals surface area contributed by atoms with Crippen molar-refractivity contribution in [1.82, 2.24) is 14.6 Å². The SMILES string of the molecule is Nc1cc(CO[C@@H]2CC[C@H]2N)cn2nc(C3CC3)nc12. The van der Waals surface area contributed by atoms with Crippen LogP contribution in [0.2, 0.25) is 0 Å². The minimum Gasteiger partial charge on any atom is -0.396 e. The molecular formula is C14H19N5O. The Hall–Kier alpha value is -1.66. The summed E-state index contributed by atoms with van der Waals surface area (Å²) in [5.41, 5.74) is 14.4. The van der Waals surface area contributed by atoms with Gasteiger partial charge in [-0.25, -0.2) is 9.50 Å². The van der Waals surface area contributed by atoms with Crippen molar-refractivity contribution in [3.05, 3.63) is 23.7 Å². The van der Waals surface area contributed by atoms with Gasteiger partial charge in [-0.1, -0.05) is 0 Å². The number of aromatic nitrogens is 3. The van der Waals surface area contributed by atoms with Crippen LogP contribution >= 0.6 is 0 Å². The van der Waals surface area contributed by atoms with Gasteiger partial charge >= 0.3 is 0 Å². The van der Waals surface area contributed by atoms with Crippen LogP contribution in [0.1, 0.15) is 43.0 Å². The first kappa shape index (κ1) is 12.1. The first-order valence-electron chi connectivity index (χ1n) is 7.22. The van der Waals surface area contributed by atoms with Gasteiger partial charge < -0.3 is 16.2 Å². The van der Waals surface area contributed by atoms with Gasteiger partial charge in [0.1, 0.15) is 0 Å². The molecule has 6 nitrogen and oxygen atoms in total. The predicted octanol–water partition coefficient (Wildman–Crippen LogP) is 1.20. The fraction of sp³-hybridized carbons (Fsp3) is 0.571. The molecular weight excluding hydrogens is 254 g/mol. The van der Waals surface area contributed by atoms with Crippen LogP contribution in [0.15, 0.2) is 12.3 Å². The number of nitrogens with two attached hydrogens (primary N) is 2. The van der Waals surface area contributed by atoms with Crippen LogP contribution in [0.3, 0.4) is 0 Å². The van der Waals surface area contributed by atoms with Crippen molar-refractivity contribution < 1.29 is 4.74 Å². The van der Waals surface area contributed by atoms with Gasteiger partial charge in [0.15, 0.2) is 11.5 Å². The molecule has 6 heteroatoms. The number of pyridine rings is 1. The standard InChI is InChI=1S/C14H19N5O/c15-10-3-4-12(10)20-7-8-5-11(16)14-17-13(9-1-2-9)18-19(14)6-8/h5-6,9-10,12H,1-4,7,15-16H2/t10-,12-/m1/s1. The first-order valence-corrected chi connectivity index (χ1v) is 7.22. The lowest BCUT2D eigenvalue weighted by atomic mass is 9.90. The summed E-state index contributed by atoms with van der Waals surface area (Å²) in [4.78, 5) is 4.52. The monoisotopic (exact) mass is 273 g/mol. The van der Waals surface area contributed by atoms with Gasteiger partial charge in [0.05, 0.1) is 18.4 Å². The molecule has 0 saturated heterocycles. The molecule has 4 N–H and O–H groups in total. The number of nitrogens with zero attached hydrogens (tertiary/aromatic N) is 3.